The average Bonchev–Trinajstić information content (AvgIpc) is 3.34. The van der Waals surface area contributed by atoms with E-state index in [0.717, 1.165) is 22.4 Å². The van der Waals surface area contributed by atoms with Crippen LogP contribution in [0.25, 0.3) is 22.4 Å². The van der Waals surface area contributed by atoms with Crippen LogP contribution >= 0.6 is 11.6 Å². The molecule has 7 heteroatoms. The van der Waals surface area contributed by atoms with Gasteiger partial charge in [-0.25, -0.2) is 9.78 Å². The Balaban J connectivity index is 1.27. The van der Waals surface area contributed by atoms with Gasteiger partial charge in [-0.3, -0.25) is 4.98 Å². The van der Waals surface area contributed by atoms with Crippen molar-refractivity contribution in [3.8, 4) is 22.4 Å². The molecule has 0 fully saturated rings. The third kappa shape index (κ3) is 3.31. The lowest BCUT2D eigenvalue weighted by atomic mass is 10.0. The van der Waals surface area contributed by atoms with Crippen molar-refractivity contribution in [2.24, 2.45) is 0 Å². The van der Waals surface area contributed by atoms with E-state index in [1.165, 1.54) is 5.56 Å². The van der Waals surface area contributed by atoms with Crippen molar-refractivity contribution in [2.75, 3.05) is 11.9 Å². The summed E-state index contributed by atoms with van der Waals surface area (Å²) in [6.45, 7) is 0.453. The van der Waals surface area contributed by atoms with Gasteiger partial charge in [0.1, 0.15) is 0 Å². The summed E-state index contributed by atoms with van der Waals surface area (Å²) in [5, 5.41) is 6.38. The normalized spacial score (nSPS) is 14.1. The van der Waals surface area contributed by atoms with Crippen molar-refractivity contribution in [2.45, 2.75) is 6.04 Å². The predicted octanol–water partition coefficient (Wildman–Crippen LogP) is 4.99. The van der Waals surface area contributed by atoms with Gasteiger partial charge in [-0.15, -0.1) is 0 Å². The molecule has 0 saturated carbocycles. The second-order valence-corrected chi connectivity index (χ2v) is 7.46. The van der Waals surface area contributed by atoms with Crippen molar-refractivity contribution >= 4 is 23.3 Å². The van der Waals surface area contributed by atoms with Gasteiger partial charge >= 0.3 is 6.03 Å². The summed E-state index contributed by atoms with van der Waals surface area (Å²) >= 11 is 6.43. The summed E-state index contributed by atoms with van der Waals surface area (Å²) in [5.74, 6) is 0. The second kappa shape index (κ2) is 7.65. The van der Waals surface area contributed by atoms with Crippen molar-refractivity contribution in [1.82, 2.24) is 19.9 Å². The molecule has 148 valence electrons. The molecule has 0 radical (unpaired) electrons. The van der Waals surface area contributed by atoms with E-state index >= 15 is 0 Å². The molecular weight excluding hydrogens is 398 g/mol. The van der Waals surface area contributed by atoms with Gasteiger partial charge in [0.25, 0.3) is 0 Å². The lowest BCUT2D eigenvalue weighted by Crippen LogP contribution is -2.33. The number of fused-ring (bicyclic) bond motifs is 3. The van der Waals surface area contributed by atoms with Gasteiger partial charge in [-0.1, -0.05) is 41.9 Å². The van der Waals surface area contributed by atoms with Crippen molar-refractivity contribution in [3.05, 3.63) is 90.1 Å². The standard InChI is InChI=1S/C23H18ClN5O/c24-20-11-16(5-6-17(20)15-7-9-25-10-8-15)28-23(30)27-13-22-19-4-2-1-3-18(19)21-12-26-14-29(21)22/h1-12,14,22H,13H2,(H2,27,28,30). The molecule has 1 atom stereocenters. The summed E-state index contributed by atoms with van der Waals surface area (Å²) < 4.78 is 2.09. The molecule has 0 bridgehead atoms. The largest absolute Gasteiger partial charge is 0.335 e. The molecule has 2 aromatic heterocycles. The molecule has 30 heavy (non-hydrogen) atoms. The number of imidazole rings is 1. The Kier molecular flexibility index (Phi) is 4.69. The molecule has 0 spiro atoms. The maximum absolute atomic E-state index is 12.5. The summed E-state index contributed by atoms with van der Waals surface area (Å²) in [5.41, 5.74) is 5.89. The Morgan fingerprint density at radius 1 is 1.03 bits per heavy atom. The van der Waals surface area contributed by atoms with Crippen LogP contribution in [0.2, 0.25) is 5.02 Å². The average molecular weight is 416 g/mol. The number of anilines is 1. The van der Waals surface area contributed by atoms with Crippen molar-refractivity contribution in [1.29, 1.82) is 0 Å². The van der Waals surface area contributed by atoms with E-state index in [0.29, 0.717) is 17.3 Å². The third-order valence-corrected chi connectivity index (χ3v) is 5.58. The van der Waals surface area contributed by atoms with E-state index in [1.807, 2.05) is 42.6 Å². The molecule has 4 aromatic rings. The van der Waals surface area contributed by atoms with Crippen LogP contribution in [0.4, 0.5) is 10.5 Å². The zero-order chi connectivity index (χ0) is 20.5. The zero-order valence-electron chi connectivity index (χ0n) is 15.9. The van der Waals surface area contributed by atoms with E-state index in [-0.39, 0.29) is 12.1 Å². The van der Waals surface area contributed by atoms with Crippen molar-refractivity contribution in [3.63, 3.8) is 0 Å². The number of carbonyl (C=O) groups is 1. The first-order chi connectivity index (χ1) is 14.7. The maximum Gasteiger partial charge on any atom is 0.319 e. The maximum atomic E-state index is 12.5. The molecule has 1 unspecified atom stereocenters. The number of benzene rings is 2. The summed E-state index contributed by atoms with van der Waals surface area (Å²) in [4.78, 5) is 20.8. The Morgan fingerprint density at radius 3 is 2.70 bits per heavy atom. The van der Waals surface area contributed by atoms with E-state index in [2.05, 4.69) is 37.3 Å². The molecule has 2 amide bonds. The van der Waals surface area contributed by atoms with Crippen LogP contribution in [0.1, 0.15) is 11.6 Å². The van der Waals surface area contributed by atoms with E-state index < -0.39 is 0 Å². The number of nitrogens with one attached hydrogen (secondary N) is 2. The smallest absolute Gasteiger partial charge is 0.319 e. The SMILES string of the molecule is O=C(NCC1c2ccccc2-c2cncn21)Nc1ccc(-c2ccncc2)c(Cl)c1. The first-order valence-corrected chi connectivity index (χ1v) is 9.94. The molecule has 0 saturated heterocycles. The van der Waals surface area contributed by atoms with Crippen LogP contribution in [-0.4, -0.2) is 27.1 Å². The molecule has 2 N–H and O–H groups in total. The second-order valence-electron chi connectivity index (χ2n) is 7.05. The van der Waals surface area contributed by atoms with Crippen LogP contribution in [0.5, 0.6) is 0 Å². The Hall–Kier alpha value is -3.64. The lowest BCUT2D eigenvalue weighted by Gasteiger charge is -2.16. The van der Waals surface area contributed by atoms with Crippen LogP contribution in [-0.2, 0) is 0 Å². The minimum Gasteiger partial charge on any atom is -0.335 e. The first-order valence-electron chi connectivity index (χ1n) is 9.56. The number of halogens is 1. The number of rotatable bonds is 4. The number of aromatic nitrogens is 3. The predicted molar refractivity (Wildman–Crippen MR) is 118 cm³/mol. The summed E-state index contributed by atoms with van der Waals surface area (Å²) in [7, 11) is 0. The number of urea groups is 1. The highest BCUT2D eigenvalue weighted by Crippen LogP contribution is 2.38. The van der Waals surface area contributed by atoms with Crippen LogP contribution in [0, 0.1) is 0 Å². The molecular formula is C23H18ClN5O. The minimum atomic E-state index is -0.284. The number of hydrogen-bond donors (Lipinski definition) is 2. The molecule has 6 nitrogen and oxygen atoms in total. The molecule has 2 aromatic carbocycles. The van der Waals surface area contributed by atoms with Crippen LogP contribution in [0.15, 0.2) is 79.5 Å². The fourth-order valence-corrected chi connectivity index (χ4v) is 4.15. The summed E-state index contributed by atoms with van der Waals surface area (Å²) in [6, 6.07) is 17.2. The number of amides is 2. The van der Waals surface area contributed by atoms with E-state index in [9.17, 15) is 4.79 Å². The molecule has 3 heterocycles. The van der Waals surface area contributed by atoms with Gasteiger partial charge in [0.05, 0.1) is 29.3 Å². The van der Waals surface area contributed by atoms with Gasteiger partial charge in [0, 0.05) is 35.8 Å². The Labute approximate surface area is 178 Å². The lowest BCUT2D eigenvalue weighted by molar-refractivity contribution is 0.251. The van der Waals surface area contributed by atoms with Gasteiger partial charge in [0.15, 0.2) is 0 Å². The van der Waals surface area contributed by atoms with Gasteiger partial charge in [-0.05, 0) is 35.4 Å². The molecule has 1 aliphatic heterocycles. The topological polar surface area (TPSA) is 71.8 Å². The summed E-state index contributed by atoms with van der Waals surface area (Å²) in [6.07, 6.45) is 7.10. The highest BCUT2D eigenvalue weighted by molar-refractivity contribution is 6.33. The highest BCUT2D eigenvalue weighted by atomic mass is 35.5. The molecule has 0 aliphatic carbocycles. The highest BCUT2D eigenvalue weighted by Gasteiger charge is 2.28. The zero-order valence-corrected chi connectivity index (χ0v) is 16.7. The van der Waals surface area contributed by atoms with Crippen LogP contribution < -0.4 is 10.6 Å². The number of pyridine rings is 1. The molecule has 5 rings (SSSR count). The number of hydrogen-bond acceptors (Lipinski definition) is 3. The third-order valence-electron chi connectivity index (χ3n) is 5.27. The van der Waals surface area contributed by atoms with Crippen LogP contribution in [0.3, 0.4) is 0 Å². The van der Waals surface area contributed by atoms with Gasteiger partial charge in [0.2, 0.25) is 0 Å². The number of carbonyl (C=O) groups excluding carboxylic acids is 1. The fourth-order valence-electron chi connectivity index (χ4n) is 3.86. The van der Waals surface area contributed by atoms with Crippen molar-refractivity contribution < 1.29 is 4.79 Å². The minimum absolute atomic E-state index is 0.0158. The van der Waals surface area contributed by atoms with E-state index in [1.54, 1.807) is 24.8 Å². The quantitative estimate of drug-likeness (QED) is 0.493. The van der Waals surface area contributed by atoms with Gasteiger partial charge in [-0.2, -0.15) is 0 Å². The van der Waals surface area contributed by atoms with E-state index in [4.69, 9.17) is 11.6 Å². The Morgan fingerprint density at radius 2 is 1.87 bits per heavy atom. The molecule has 1 aliphatic rings. The number of nitrogens with zero attached hydrogens (tertiary/aromatic N) is 3. The fraction of sp³-hybridized carbons (Fsp3) is 0.0870. The first kappa shape index (κ1) is 18.4. The monoisotopic (exact) mass is 415 g/mol. The van der Waals surface area contributed by atoms with Gasteiger partial charge < -0.3 is 15.2 Å². The Bertz CT molecular complexity index is 1220.